The Hall–Kier alpha value is -0.690. The first-order valence-corrected chi connectivity index (χ1v) is 6.79. The number of β-amino-alcohol motifs (C(OH)–C–C–N with tert-alkyl or cyclic N) is 1. The van der Waals surface area contributed by atoms with E-state index >= 15 is 0 Å². The number of hydrogen-bond acceptors (Lipinski definition) is 5. The Bertz CT molecular complexity index is 275. The number of nitrogens with zero attached hydrogens (tertiary/aromatic N) is 1. The predicted octanol–water partition coefficient (Wildman–Crippen LogP) is -0.391. The standard InChI is InChI=1S/C13H26N2O4/c1-10(8-18-3)19-9-13(17)7-15-5-4-12(6-15)14-11(2)16/h10,12-13,17H,4-9H2,1-3H3,(H,14,16). The first kappa shape index (κ1) is 16.4. The molecule has 6 nitrogen and oxygen atoms in total. The third-order valence-electron chi connectivity index (χ3n) is 3.12. The maximum Gasteiger partial charge on any atom is 0.217 e. The van der Waals surface area contributed by atoms with Gasteiger partial charge in [0, 0.05) is 39.7 Å². The van der Waals surface area contributed by atoms with Gasteiger partial charge in [0.25, 0.3) is 0 Å². The summed E-state index contributed by atoms with van der Waals surface area (Å²) in [6.07, 6.45) is 0.425. The van der Waals surface area contributed by atoms with E-state index in [0.29, 0.717) is 19.8 Å². The summed E-state index contributed by atoms with van der Waals surface area (Å²) in [4.78, 5) is 13.1. The first-order chi connectivity index (χ1) is 9.01. The molecule has 3 atom stereocenters. The summed E-state index contributed by atoms with van der Waals surface area (Å²) in [7, 11) is 1.63. The van der Waals surface area contributed by atoms with Crippen molar-refractivity contribution in [1.82, 2.24) is 10.2 Å². The van der Waals surface area contributed by atoms with Crippen LogP contribution in [0.1, 0.15) is 20.3 Å². The lowest BCUT2D eigenvalue weighted by Gasteiger charge is -2.21. The number of aliphatic hydroxyl groups is 1. The van der Waals surface area contributed by atoms with Crippen molar-refractivity contribution >= 4 is 5.91 Å². The molecule has 0 spiro atoms. The second-order valence-corrected chi connectivity index (χ2v) is 5.20. The van der Waals surface area contributed by atoms with Crippen LogP contribution < -0.4 is 5.32 Å². The second kappa shape index (κ2) is 8.47. The predicted molar refractivity (Wildman–Crippen MR) is 72.0 cm³/mol. The maximum absolute atomic E-state index is 11.0. The van der Waals surface area contributed by atoms with Crippen molar-refractivity contribution < 1.29 is 19.4 Å². The molecule has 0 bridgehead atoms. The van der Waals surface area contributed by atoms with E-state index in [1.807, 2.05) is 6.92 Å². The van der Waals surface area contributed by atoms with E-state index in [-0.39, 0.29) is 18.1 Å². The lowest BCUT2D eigenvalue weighted by Crippen LogP contribution is -2.38. The minimum absolute atomic E-state index is 0.00382. The number of amides is 1. The average Bonchev–Trinajstić information content (AvgIpc) is 2.73. The highest BCUT2D eigenvalue weighted by molar-refractivity contribution is 5.73. The fourth-order valence-corrected chi connectivity index (χ4v) is 2.31. The smallest absolute Gasteiger partial charge is 0.217 e. The summed E-state index contributed by atoms with van der Waals surface area (Å²) < 4.78 is 10.4. The van der Waals surface area contributed by atoms with E-state index in [2.05, 4.69) is 10.2 Å². The van der Waals surface area contributed by atoms with Gasteiger partial charge < -0.3 is 19.9 Å². The van der Waals surface area contributed by atoms with Crippen LogP contribution in [0.4, 0.5) is 0 Å². The quantitative estimate of drug-likeness (QED) is 0.631. The Morgan fingerprint density at radius 1 is 1.53 bits per heavy atom. The highest BCUT2D eigenvalue weighted by atomic mass is 16.5. The van der Waals surface area contributed by atoms with E-state index in [4.69, 9.17) is 9.47 Å². The van der Waals surface area contributed by atoms with Crippen molar-refractivity contribution in [1.29, 1.82) is 0 Å². The van der Waals surface area contributed by atoms with Gasteiger partial charge in [-0.05, 0) is 13.3 Å². The SMILES string of the molecule is COCC(C)OCC(O)CN1CCC(NC(C)=O)C1. The van der Waals surface area contributed by atoms with Gasteiger partial charge in [0.05, 0.1) is 25.4 Å². The molecule has 1 aliphatic rings. The summed E-state index contributed by atoms with van der Waals surface area (Å²) >= 11 is 0. The van der Waals surface area contributed by atoms with E-state index in [0.717, 1.165) is 19.5 Å². The fraction of sp³-hybridized carbons (Fsp3) is 0.923. The Labute approximate surface area is 115 Å². The molecule has 1 saturated heterocycles. The molecule has 112 valence electrons. The summed E-state index contributed by atoms with van der Waals surface area (Å²) in [5.41, 5.74) is 0. The molecule has 1 rings (SSSR count). The minimum Gasteiger partial charge on any atom is -0.389 e. The number of likely N-dealkylation sites (tertiary alicyclic amines) is 1. The maximum atomic E-state index is 11.0. The number of nitrogens with one attached hydrogen (secondary N) is 1. The number of aliphatic hydroxyl groups excluding tert-OH is 1. The van der Waals surface area contributed by atoms with Crippen LogP contribution in [0.15, 0.2) is 0 Å². The molecule has 6 heteroatoms. The monoisotopic (exact) mass is 274 g/mol. The number of carbonyl (C=O) groups is 1. The van der Waals surface area contributed by atoms with Gasteiger partial charge in [0.15, 0.2) is 0 Å². The largest absolute Gasteiger partial charge is 0.389 e. The van der Waals surface area contributed by atoms with E-state index < -0.39 is 6.10 Å². The zero-order valence-corrected chi connectivity index (χ0v) is 12.1. The molecule has 0 saturated carbocycles. The molecule has 0 radical (unpaired) electrons. The summed E-state index contributed by atoms with van der Waals surface area (Å²) in [5.74, 6) is 0.00382. The van der Waals surface area contributed by atoms with Crippen molar-refractivity contribution in [3.8, 4) is 0 Å². The molecule has 1 fully saturated rings. The second-order valence-electron chi connectivity index (χ2n) is 5.20. The molecule has 3 unspecified atom stereocenters. The molecule has 0 aliphatic carbocycles. The molecule has 1 amide bonds. The molecule has 0 aromatic heterocycles. The topological polar surface area (TPSA) is 71.0 Å². The molecule has 19 heavy (non-hydrogen) atoms. The lowest BCUT2D eigenvalue weighted by molar-refractivity contribution is -0.119. The average molecular weight is 274 g/mol. The Kier molecular flexibility index (Phi) is 7.30. The number of methoxy groups -OCH3 is 1. The fourth-order valence-electron chi connectivity index (χ4n) is 2.31. The van der Waals surface area contributed by atoms with Gasteiger partial charge in [0.1, 0.15) is 0 Å². The van der Waals surface area contributed by atoms with Crippen molar-refractivity contribution in [3.63, 3.8) is 0 Å². The van der Waals surface area contributed by atoms with Crippen LogP contribution in [0.5, 0.6) is 0 Å². The van der Waals surface area contributed by atoms with Crippen molar-refractivity contribution in [2.24, 2.45) is 0 Å². The third kappa shape index (κ3) is 6.87. The zero-order chi connectivity index (χ0) is 14.3. The van der Waals surface area contributed by atoms with Gasteiger partial charge in [-0.25, -0.2) is 0 Å². The minimum atomic E-state index is -0.504. The van der Waals surface area contributed by atoms with Gasteiger partial charge in [-0.1, -0.05) is 0 Å². The molecule has 0 aromatic rings. The summed E-state index contributed by atoms with van der Waals surface area (Å²) in [6, 6.07) is 0.207. The Morgan fingerprint density at radius 3 is 2.89 bits per heavy atom. The molecular weight excluding hydrogens is 248 g/mol. The first-order valence-electron chi connectivity index (χ1n) is 6.79. The highest BCUT2D eigenvalue weighted by Gasteiger charge is 2.24. The third-order valence-corrected chi connectivity index (χ3v) is 3.12. The van der Waals surface area contributed by atoms with E-state index in [9.17, 15) is 9.90 Å². The van der Waals surface area contributed by atoms with Gasteiger partial charge in [-0.15, -0.1) is 0 Å². The summed E-state index contributed by atoms with van der Waals surface area (Å²) in [6.45, 7) is 6.56. The van der Waals surface area contributed by atoms with Gasteiger partial charge >= 0.3 is 0 Å². The molecular formula is C13H26N2O4. The van der Waals surface area contributed by atoms with Gasteiger partial charge in [-0.2, -0.15) is 0 Å². The van der Waals surface area contributed by atoms with Gasteiger partial charge in [-0.3, -0.25) is 9.69 Å². The Balaban J connectivity index is 2.15. The Morgan fingerprint density at radius 2 is 2.26 bits per heavy atom. The number of rotatable bonds is 8. The number of carbonyl (C=O) groups excluding carboxylic acids is 1. The van der Waals surface area contributed by atoms with Crippen LogP contribution in [-0.2, 0) is 14.3 Å². The molecule has 1 aliphatic heterocycles. The van der Waals surface area contributed by atoms with Crippen molar-refractivity contribution in [2.75, 3.05) is 40.0 Å². The van der Waals surface area contributed by atoms with Crippen molar-refractivity contribution in [3.05, 3.63) is 0 Å². The normalized spacial score (nSPS) is 23.3. The van der Waals surface area contributed by atoms with Crippen LogP contribution in [0, 0.1) is 0 Å². The van der Waals surface area contributed by atoms with Gasteiger partial charge in [0.2, 0.25) is 5.91 Å². The summed E-state index contributed by atoms with van der Waals surface area (Å²) in [5, 5.41) is 12.8. The van der Waals surface area contributed by atoms with Crippen LogP contribution in [-0.4, -0.2) is 74.1 Å². The van der Waals surface area contributed by atoms with E-state index in [1.165, 1.54) is 6.92 Å². The van der Waals surface area contributed by atoms with E-state index in [1.54, 1.807) is 7.11 Å². The number of ether oxygens (including phenoxy) is 2. The van der Waals surface area contributed by atoms with Crippen LogP contribution in [0.25, 0.3) is 0 Å². The molecule has 0 aromatic carbocycles. The lowest BCUT2D eigenvalue weighted by atomic mass is 10.2. The van der Waals surface area contributed by atoms with Crippen molar-refractivity contribution in [2.45, 2.75) is 38.5 Å². The molecule has 1 heterocycles. The number of hydrogen-bond donors (Lipinski definition) is 2. The highest BCUT2D eigenvalue weighted by Crippen LogP contribution is 2.09. The van der Waals surface area contributed by atoms with Crippen LogP contribution in [0.2, 0.25) is 0 Å². The van der Waals surface area contributed by atoms with Crippen LogP contribution >= 0.6 is 0 Å². The van der Waals surface area contributed by atoms with Crippen LogP contribution in [0.3, 0.4) is 0 Å². The zero-order valence-electron chi connectivity index (χ0n) is 12.1. The molecule has 2 N–H and O–H groups in total.